The van der Waals surface area contributed by atoms with Gasteiger partial charge in [0, 0.05) is 13.1 Å². The third kappa shape index (κ3) is 7.21. The van der Waals surface area contributed by atoms with Crippen molar-refractivity contribution in [2.45, 2.75) is 53.1 Å². The molecule has 2 aromatic carbocycles. The lowest BCUT2D eigenvalue weighted by molar-refractivity contribution is -0.143. The predicted molar refractivity (Wildman–Crippen MR) is 120 cm³/mol. The Morgan fingerprint density at radius 2 is 1.63 bits per heavy atom. The Morgan fingerprint density at radius 3 is 2.20 bits per heavy atom. The van der Waals surface area contributed by atoms with Gasteiger partial charge in [-0.15, -0.1) is 0 Å². The number of hydrogen-bond donors (Lipinski definition) is 1. The molecule has 0 radical (unpaired) electrons. The van der Waals surface area contributed by atoms with Gasteiger partial charge in [-0.2, -0.15) is 0 Å². The maximum absolute atomic E-state index is 13.1. The maximum atomic E-state index is 13.1. The molecular formula is C25H34N2O3. The first-order valence-corrected chi connectivity index (χ1v) is 10.8. The molecule has 1 atom stereocenters. The summed E-state index contributed by atoms with van der Waals surface area (Å²) >= 11 is 0. The fraction of sp³-hybridized carbons (Fsp3) is 0.440. The molecule has 0 saturated carbocycles. The van der Waals surface area contributed by atoms with Crippen LogP contribution in [0.2, 0.25) is 0 Å². The lowest BCUT2D eigenvalue weighted by atomic mass is 10.1. The van der Waals surface area contributed by atoms with Crippen LogP contribution in [0.5, 0.6) is 5.75 Å². The molecule has 1 N–H and O–H groups in total. The number of benzene rings is 2. The highest BCUT2D eigenvalue weighted by Gasteiger charge is 2.28. The van der Waals surface area contributed by atoms with Crippen molar-refractivity contribution in [3.8, 4) is 5.75 Å². The van der Waals surface area contributed by atoms with Gasteiger partial charge in [0.05, 0.1) is 0 Å². The van der Waals surface area contributed by atoms with Crippen molar-refractivity contribution >= 4 is 11.8 Å². The fourth-order valence-electron chi connectivity index (χ4n) is 3.17. The van der Waals surface area contributed by atoms with Crippen LogP contribution in [0.3, 0.4) is 0 Å². The number of amides is 2. The number of ether oxygens (including phenoxy) is 1. The van der Waals surface area contributed by atoms with Crippen molar-refractivity contribution in [3.63, 3.8) is 0 Å². The molecule has 2 aromatic rings. The Kier molecular flexibility index (Phi) is 9.39. The van der Waals surface area contributed by atoms with Crippen LogP contribution in [0.4, 0.5) is 0 Å². The van der Waals surface area contributed by atoms with Gasteiger partial charge >= 0.3 is 0 Å². The summed E-state index contributed by atoms with van der Waals surface area (Å²) in [5.41, 5.74) is 2.19. The van der Waals surface area contributed by atoms with Gasteiger partial charge in [-0.1, -0.05) is 70.2 Å². The number of carbonyl (C=O) groups is 2. The van der Waals surface area contributed by atoms with E-state index in [2.05, 4.69) is 12.2 Å². The van der Waals surface area contributed by atoms with Gasteiger partial charge in [0.15, 0.2) is 6.61 Å². The highest BCUT2D eigenvalue weighted by molar-refractivity contribution is 5.88. The van der Waals surface area contributed by atoms with Gasteiger partial charge in [0.2, 0.25) is 5.91 Å². The van der Waals surface area contributed by atoms with Crippen molar-refractivity contribution in [2.75, 3.05) is 13.2 Å². The Balaban J connectivity index is 2.13. The quantitative estimate of drug-likeness (QED) is 0.604. The van der Waals surface area contributed by atoms with E-state index in [1.165, 1.54) is 5.56 Å². The normalized spacial score (nSPS) is 11.8. The van der Waals surface area contributed by atoms with E-state index in [4.69, 9.17) is 4.74 Å². The van der Waals surface area contributed by atoms with Gasteiger partial charge < -0.3 is 15.0 Å². The molecule has 2 amide bonds. The van der Waals surface area contributed by atoms with Crippen LogP contribution in [0.25, 0.3) is 0 Å². The first kappa shape index (κ1) is 23.5. The van der Waals surface area contributed by atoms with E-state index >= 15 is 0 Å². The summed E-state index contributed by atoms with van der Waals surface area (Å²) in [7, 11) is 0. The van der Waals surface area contributed by atoms with Crippen molar-refractivity contribution in [1.29, 1.82) is 0 Å². The largest absolute Gasteiger partial charge is 0.484 e. The zero-order chi connectivity index (χ0) is 21.9. The van der Waals surface area contributed by atoms with Crippen LogP contribution >= 0.6 is 0 Å². The summed E-state index contributed by atoms with van der Waals surface area (Å²) in [6.07, 6.45) is 1.49. The van der Waals surface area contributed by atoms with E-state index in [9.17, 15) is 9.59 Å². The average molecular weight is 411 g/mol. The predicted octanol–water partition coefficient (Wildman–Crippen LogP) is 4.21. The standard InChI is InChI=1S/C25H34N2O3/c1-5-20-12-14-22(15-13-20)30-18-24(28)27(17-21-10-8-7-9-11-21)23(6-2)25(29)26-16-19(3)4/h7-15,19,23H,5-6,16-18H2,1-4H3,(H,26,29). The Morgan fingerprint density at radius 1 is 0.967 bits per heavy atom. The smallest absolute Gasteiger partial charge is 0.261 e. The highest BCUT2D eigenvalue weighted by atomic mass is 16.5. The van der Waals surface area contributed by atoms with E-state index < -0.39 is 6.04 Å². The molecule has 0 aliphatic heterocycles. The SMILES string of the molecule is CCc1ccc(OCC(=O)N(Cc2ccccc2)C(CC)C(=O)NCC(C)C)cc1. The zero-order valence-electron chi connectivity index (χ0n) is 18.6. The number of rotatable bonds is 11. The Hall–Kier alpha value is -2.82. The minimum Gasteiger partial charge on any atom is -0.484 e. The number of hydrogen-bond acceptors (Lipinski definition) is 3. The number of carbonyl (C=O) groups excluding carboxylic acids is 2. The molecule has 5 heteroatoms. The van der Waals surface area contributed by atoms with Crippen LogP contribution in [-0.2, 0) is 22.6 Å². The average Bonchev–Trinajstić information content (AvgIpc) is 2.76. The molecule has 0 saturated heterocycles. The third-order valence-corrected chi connectivity index (χ3v) is 4.96. The molecular weight excluding hydrogens is 376 g/mol. The molecule has 0 aliphatic carbocycles. The van der Waals surface area contributed by atoms with Crippen LogP contribution < -0.4 is 10.1 Å². The summed E-state index contributed by atoms with van der Waals surface area (Å²) in [4.78, 5) is 27.6. The fourth-order valence-corrected chi connectivity index (χ4v) is 3.17. The zero-order valence-corrected chi connectivity index (χ0v) is 18.6. The second-order valence-corrected chi connectivity index (χ2v) is 7.86. The molecule has 162 valence electrons. The highest BCUT2D eigenvalue weighted by Crippen LogP contribution is 2.15. The molecule has 0 aromatic heterocycles. The molecule has 2 rings (SSSR count). The Bertz CT molecular complexity index is 788. The Labute approximate surface area is 180 Å². The van der Waals surface area contributed by atoms with Crippen LogP contribution in [-0.4, -0.2) is 35.9 Å². The topological polar surface area (TPSA) is 58.6 Å². The molecule has 30 heavy (non-hydrogen) atoms. The van der Waals surface area contributed by atoms with Crippen LogP contribution in [0, 0.1) is 5.92 Å². The maximum Gasteiger partial charge on any atom is 0.261 e. The summed E-state index contributed by atoms with van der Waals surface area (Å²) < 4.78 is 5.74. The third-order valence-electron chi connectivity index (χ3n) is 4.96. The van der Waals surface area contributed by atoms with Gasteiger partial charge in [-0.05, 0) is 42.0 Å². The van der Waals surface area contributed by atoms with Gasteiger partial charge in [-0.3, -0.25) is 9.59 Å². The van der Waals surface area contributed by atoms with Crippen molar-refractivity contribution in [3.05, 3.63) is 65.7 Å². The van der Waals surface area contributed by atoms with Crippen LogP contribution in [0.1, 0.15) is 45.2 Å². The van der Waals surface area contributed by atoms with E-state index in [1.807, 2.05) is 75.4 Å². The second kappa shape index (κ2) is 12.0. The molecule has 0 aliphatic rings. The molecule has 0 spiro atoms. The van der Waals surface area contributed by atoms with Gasteiger partial charge in [0.1, 0.15) is 11.8 Å². The first-order chi connectivity index (χ1) is 14.4. The van der Waals surface area contributed by atoms with E-state index in [0.717, 1.165) is 12.0 Å². The van der Waals surface area contributed by atoms with Crippen molar-refractivity contribution < 1.29 is 14.3 Å². The monoisotopic (exact) mass is 410 g/mol. The van der Waals surface area contributed by atoms with E-state index in [0.29, 0.717) is 31.2 Å². The molecule has 0 bridgehead atoms. The summed E-state index contributed by atoms with van der Waals surface area (Å²) in [6.45, 7) is 8.96. The van der Waals surface area contributed by atoms with Crippen molar-refractivity contribution in [2.24, 2.45) is 5.92 Å². The number of aryl methyl sites for hydroxylation is 1. The van der Waals surface area contributed by atoms with Gasteiger partial charge in [-0.25, -0.2) is 0 Å². The van der Waals surface area contributed by atoms with E-state index in [1.54, 1.807) is 4.90 Å². The second-order valence-electron chi connectivity index (χ2n) is 7.86. The summed E-state index contributed by atoms with van der Waals surface area (Å²) in [5, 5.41) is 2.97. The lowest BCUT2D eigenvalue weighted by Crippen LogP contribution is -2.50. The molecule has 5 nitrogen and oxygen atoms in total. The van der Waals surface area contributed by atoms with Gasteiger partial charge in [0.25, 0.3) is 5.91 Å². The number of nitrogens with one attached hydrogen (secondary N) is 1. The minimum atomic E-state index is -0.539. The first-order valence-electron chi connectivity index (χ1n) is 10.8. The van der Waals surface area contributed by atoms with Crippen molar-refractivity contribution in [1.82, 2.24) is 10.2 Å². The van der Waals surface area contributed by atoms with Crippen LogP contribution in [0.15, 0.2) is 54.6 Å². The van der Waals surface area contributed by atoms with E-state index in [-0.39, 0.29) is 18.4 Å². The molecule has 0 fully saturated rings. The summed E-state index contributed by atoms with van der Waals surface area (Å²) in [5.74, 6) is 0.671. The molecule has 1 unspecified atom stereocenters. The molecule has 0 heterocycles. The summed E-state index contributed by atoms with van der Waals surface area (Å²) in [6, 6.07) is 16.9. The minimum absolute atomic E-state index is 0.105. The lowest BCUT2D eigenvalue weighted by Gasteiger charge is -2.30. The number of nitrogens with zero attached hydrogens (tertiary/aromatic N) is 1.